The molecule has 0 saturated carbocycles. The first-order valence-electron chi connectivity index (χ1n) is 9.71. The third-order valence-electron chi connectivity index (χ3n) is 5.32. The monoisotopic (exact) mass is 582 g/mol. The fourth-order valence-electron chi connectivity index (χ4n) is 3.73. The van der Waals surface area contributed by atoms with E-state index in [4.69, 9.17) is 9.47 Å². The van der Waals surface area contributed by atoms with Gasteiger partial charge in [-0.25, -0.2) is 0 Å². The summed E-state index contributed by atoms with van der Waals surface area (Å²) in [5.74, 6) is 0. The molecule has 0 unspecified atom stereocenters. The van der Waals surface area contributed by atoms with Gasteiger partial charge in [0.15, 0.2) is 0 Å². The van der Waals surface area contributed by atoms with Crippen LogP contribution in [0.25, 0.3) is 0 Å². The van der Waals surface area contributed by atoms with E-state index in [1.165, 1.54) is 11.1 Å². The standard InChI is InChI=1S/2C11H14BrNO.2ClH/c2*1-13-10-6-7-14-11(10)8-2-4-9(12)5-3-8;;/h2*2-5,10-11,13H,6-7H2,1H3;2*1H/t2*10-,11+;;/m10../s1. The molecule has 2 N–H and O–H groups in total. The van der Waals surface area contributed by atoms with Crippen molar-refractivity contribution in [3.8, 4) is 0 Å². The van der Waals surface area contributed by atoms with Crippen molar-refractivity contribution < 1.29 is 9.47 Å². The Morgan fingerprint density at radius 2 is 1.00 bits per heavy atom. The Bertz CT molecular complexity index is 671. The van der Waals surface area contributed by atoms with E-state index in [-0.39, 0.29) is 37.0 Å². The quantitative estimate of drug-likeness (QED) is 0.474. The molecule has 0 aliphatic carbocycles. The van der Waals surface area contributed by atoms with Gasteiger partial charge in [0.1, 0.15) is 0 Å². The summed E-state index contributed by atoms with van der Waals surface area (Å²) >= 11 is 6.86. The first kappa shape index (κ1) is 27.9. The van der Waals surface area contributed by atoms with Crippen molar-refractivity contribution in [1.82, 2.24) is 10.6 Å². The zero-order valence-corrected chi connectivity index (χ0v) is 22.0. The molecule has 2 aliphatic rings. The smallest absolute Gasteiger partial charge is 0.0978 e. The van der Waals surface area contributed by atoms with Crippen molar-refractivity contribution in [2.75, 3.05) is 27.3 Å². The number of halogens is 4. The van der Waals surface area contributed by atoms with Crippen LogP contribution in [0.1, 0.15) is 36.2 Å². The van der Waals surface area contributed by atoms with Gasteiger partial charge < -0.3 is 20.1 Å². The molecule has 0 amide bonds. The van der Waals surface area contributed by atoms with Gasteiger partial charge in [0.2, 0.25) is 0 Å². The zero-order chi connectivity index (χ0) is 19.9. The van der Waals surface area contributed by atoms with Gasteiger partial charge in [-0.15, -0.1) is 24.8 Å². The lowest BCUT2D eigenvalue weighted by Gasteiger charge is -2.18. The highest BCUT2D eigenvalue weighted by Gasteiger charge is 2.28. The van der Waals surface area contributed by atoms with Crippen molar-refractivity contribution in [1.29, 1.82) is 0 Å². The maximum atomic E-state index is 5.70. The summed E-state index contributed by atoms with van der Waals surface area (Å²) < 4.78 is 13.6. The van der Waals surface area contributed by atoms with Crippen LogP contribution in [0.3, 0.4) is 0 Å². The van der Waals surface area contributed by atoms with Crippen molar-refractivity contribution in [3.05, 3.63) is 68.6 Å². The molecular formula is C22H30Br2Cl2N2O2. The van der Waals surface area contributed by atoms with Crippen LogP contribution in [0.5, 0.6) is 0 Å². The van der Waals surface area contributed by atoms with Gasteiger partial charge in [0.05, 0.1) is 12.2 Å². The van der Waals surface area contributed by atoms with Gasteiger partial charge in [-0.3, -0.25) is 0 Å². The number of hydrogen-bond acceptors (Lipinski definition) is 4. The van der Waals surface area contributed by atoms with Gasteiger partial charge in [0.25, 0.3) is 0 Å². The van der Waals surface area contributed by atoms with Gasteiger partial charge in [0, 0.05) is 34.2 Å². The number of hydrogen-bond donors (Lipinski definition) is 2. The molecule has 30 heavy (non-hydrogen) atoms. The van der Waals surface area contributed by atoms with Crippen LogP contribution in [0, 0.1) is 0 Å². The van der Waals surface area contributed by atoms with Gasteiger partial charge in [-0.2, -0.15) is 0 Å². The van der Waals surface area contributed by atoms with Crippen molar-refractivity contribution in [2.24, 2.45) is 0 Å². The van der Waals surface area contributed by atoms with Crippen LogP contribution in [0.4, 0.5) is 0 Å². The van der Waals surface area contributed by atoms with E-state index < -0.39 is 0 Å². The highest BCUT2D eigenvalue weighted by molar-refractivity contribution is 9.10. The van der Waals surface area contributed by atoms with Gasteiger partial charge in [-0.1, -0.05) is 56.1 Å². The van der Waals surface area contributed by atoms with Crippen LogP contribution in [-0.2, 0) is 9.47 Å². The second kappa shape index (κ2) is 14.1. The summed E-state index contributed by atoms with van der Waals surface area (Å²) in [5, 5.41) is 6.58. The number of nitrogens with one attached hydrogen (secondary N) is 2. The Kier molecular flexibility index (Phi) is 13.1. The third kappa shape index (κ3) is 7.45. The third-order valence-corrected chi connectivity index (χ3v) is 6.38. The molecular weight excluding hydrogens is 555 g/mol. The molecule has 0 radical (unpaired) electrons. The van der Waals surface area contributed by atoms with Crippen LogP contribution >= 0.6 is 56.7 Å². The van der Waals surface area contributed by atoms with Gasteiger partial charge >= 0.3 is 0 Å². The van der Waals surface area contributed by atoms with Crippen molar-refractivity contribution in [3.63, 3.8) is 0 Å². The topological polar surface area (TPSA) is 42.5 Å². The molecule has 4 atom stereocenters. The average molecular weight is 585 g/mol. The first-order chi connectivity index (χ1) is 13.6. The second-order valence-electron chi connectivity index (χ2n) is 7.05. The minimum atomic E-state index is 0. The van der Waals surface area contributed by atoms with E-state index in [1.54, 1.807) is 0 Å². The molecule has 2 aliphatic heterocycles. The van der Waals surface area contributed by atoms with E-state index >= 15 is 0 Å². The Morgan fingerprint density at radius 3 is 1.30 bits per heavy atom. The number of benzene rings is 2. The van der Waals surface area contributed by atoms with E-state index in [9.17, 15) is 0 Å². The Hall–Kier alpha value is -0.180. The fraction of sp³-hybridized carbons (Fsp3) is 0.455. The SMILES string of the molecule is CN[C@@H]1CCO[C@H]1c1ccc(Br)cc1.CN[C@H]1CCO[C@@H]1c1ccc(Br)cc1.Cl.Cl. The number of ether oxygens (including phenoxy) is 2. The Labute approximate surface area is 209 Å². The second-order valence-corrected chi connectivity index (χ2v) is 8.88. The molecule has 2 aromatic carbocycles. The predicted octanol–water partition coefficient (Wildman–Crippen LogP) is 5.84. The number of likely N-dealkylation sites (N-methyl/N-ethyl adjacent to an activating group) is 2. The molecule has 2 heterocycles. The Morgan fingerprint density at radius 1 is 0.667 bits per heavy atom. The summed E-state index contributed by atoms with van der Waals surface area (Å²) in [5.41, 5.74) is 2.51. The Balaban J connectivity index is 0.000000281. The summed E-state index contributed by atoms with van der Waals surface area (Å²) in [6, 6.07) is 17.6. The van der Waals surface area contributed by atoms with Crippen LogP contribution < -0.4 is 10.6 Å². The van der Waals surface area contributed by atoms with Crippen molar-refractivity contribution >= 4 is 56.7 Å². The van der Waals surface area contributed by atoms with Crippen LogP contribution in [0.2, 0.25) is 0 Å². The summed E-state index contributed by atoms with van der Waals surface area (Å²) in [4.78, 5) is 0. The van der Waals surface area contributed by atoms with Crippen LogP contribution in [-0.4, -0.2) is 39.4 Å². The molecule has 2 aromatic rings. The minimum Gasteiger partial charge on any atom is -0.372 e. The summed E-state index contributed by atoms with van der Waals surface area (Å²) in [6.45, 7) is 1.71. The molecule has 4 nitrogen and oxygen atoms in total. The molecule has 2 saturated heterocycles. The van der Waals surface area contributed by atoms with E-state index in [0.717, 1.165) is 35.0 Å². The molecule has 8 heteroatoms. The molecule has 0 bridgehead atoms. The van der Waals surface area contributed by atoms with Gasteiger partial charge in [-0.05, 0) is 62.3 Å². The first-order valence-corrected chi connectivity index (χ1v) is 11.3. The summed E-state index contributed by atoms with van der Waals surface area (Å²) in [7, 11) is 3.98. The highest BCUT2D eigenvalue weighted by Crippen LogP contribution is 2.30. The number of rotatable bonds is 4. The van der Waals surface area contributed by atoms with E-state index in [0.29, 0.717) is 12.1 Å². The molecule has 4 rings (SSSR count). The lowest BCUT2D eigenvalue weighted by molar-refractivity contribution is 0.100. The average Bonchev–Trinajstić information content (AvgIpc) is 3.39. The molecule has 0 spiro atoms. The van der Waals surface area contributed by atoms with Crippen molar-refractivity contribution in [2.45, 2.75) is 37.1 Å². The maximum Gasteiger partial charge on any atom is 0.0978 e. The van der Waals surface area contributed by atoms with E-state index in [1.807, 2.05) is 14.1 Å². The molecule has 168 valence electrons. The minimum absolute atomic E-state index is 0. The predicted molar refractivity (Wildman–Crippen MR) is 135 cm³/mol. The van der Waals surface area contributed by atoms with E-state index in [2.05, 4.69) is 91.0 Å². The maximum absolute atomic E-state index is 5.70. The lowest BCUT2D eigenvalue weighted by atomic mass is 10.0. The summed E-state index contributed by atoms with van der Waals surface area (Å²) in [6.07, 6.45) is 2.62. The normalized spacial score (nSPS) is 24.9. The molecule has 0 aromatic heterocycles. The lowest BCUT2D eigenvalue weighted by Crippen LogP contribution is -2.27. The zero-order valence-electron chi connectivity index (χ0n) is 17.1. The highest BCUT2D eigenvalue weighted by atomic mass is 79.9. The van der Waals surface area contributed by atoms with Crippen LogP contribution in [0.15, 0.2) is 57.5 Å². The largest absolute Gasteiger partial charge is 0.372 e. The fourth-order valence-corrected chi connectivity index (χ4v) is 4.26. The molecule has 2 fully saturated rings.